The Kier molecular flexibility index (Phi) is 5.30. The van der Waals surface area contributed by atoms with Crippen LogP contribution in [0.4, 0.5) is 10.3 Å². The zero-order chi connectivity index (χ0) is 21.2. The van der Waals surface area contributed by atoms with Gasteiger partial charge < -0.3 is 10.4 Å². The van der Waals surface area contributed by atoms with E-state index in [1.165, 1.54) is 25.0 Å². The summed E-state index contributed by atoms with van der Waals surface area (Å²) in [5.74, 6) is 1.01. The zero-order valence-corrected chi connectivity index (χ0v) is 17.0. The highest BCUT2D eigenvalue weighted by Gasteiger charge is 2.21. The van der Waals surface area contributed by atoms with Crippen molar-refractivity contribution in [1.29, 1.82) is 0 Å². The molecule has 3 heterocycles. The van der Waals surface area contributed by atoms with E-state index < -0.39 is 0 Å². The van der Waals surface area contributed by atoms with Gasteiger partial charge in [-0.2, -0.15) is 5.10 Å². The largest absolute Gasteiger partial charge is 0.396 e. The molecule has 1 aliphatic rings. The Bertz CT molecular complexity index is 1200. The van der Waals surface area contributed by atoms with E-state index in [0.29, 0.717) is 36.2 Å². The SMILES string of the molecule is OCCCn1cc2cc(-c3ccnc(NCC4CC4)n3)c(-c3ccc(F)cc3)nc2n1. The van der Waals surface area contributed by atoms with Crippen LogP contribution in [0.5, 0.6) is 0 Å². The van der Waals surface area contributed by atoms with Gasteiger partial charge in [-0.3, -0.25) is 4.68 Å². The van der Waals surface area contributed by atoms with Gasteiger partial charge in [-0.25, -0.2) is 19.3 Å². The Labute approximate surface area is 179 Å². The molecule has 0 amide bonds. The summed E-state index contributed by atoms with van der Waals surface area (Å²) in [4.78, 5) is 13.9. The van der Waals surface area contributed by atoms with Crippen molar-refractivity contribution in [3.63, 3.8) is 0 Å². The lowest BCUT2D eigenvalue weighted by Crippen LogP contribution is -2.07. The molecule has 0 bridgehead atoms. The van der Waals surface area contributed by atoms with Gasteiger partial charge in [0, 0.05) is 48.6 Å². The lowest BCUT2D eigenvalue weighted by Gasteiger charge is -2.10. The molecule has 0 spiro atoms. The zero-order valence-electron chi connectivity index (χ0n) is 17.0. The predicted molar refractivity (Wildman–Crippen MR) is 117 cm³/mol. The van der Waals surface area contributed by atoms with E-state index in [0.717, 1.165) is 28.8 Å². The average Bonchev–Trinajstić information content (AvgIpc) is 3.54. The summed E-state index contributed by atoms with van der Waals surface area (Å²) in [6.07, 6.45) is 6.78. The van der Waals surface area contributed by atoms with E-state index in [1.807, 2.05) is 18.3 Å². The molecule has 0 saturated heterocycles. The number of nitrogens with one attached hydrogen (secondary N) is 1. The second kappa shape index (κ2) is 8.39. The van der Waals surface area contributed by atoms with Gasteiger partial charge in [0.2, 0.25) is 5.95 Å². The number of hydrogen-bond acceptors (Lipinski definition) is 6. The van der Waals surface area contributed by atoms with Crippen LogP contribution in [0.25, 0.3) is 33.5 Å². The third-order valence-electron chi connectivity index (χ3n) is 5.38. The molecule has 31 heavy (non-hydrogen) atoms. The molecule has 0 unspecified atom stereocenters. The molecule has 158 valence electrons. The van der Waals surface area contributed by atoms with Crippen LogP contribution < -0.4 is 5.32 Å². The van der Waals surface area contributed by atoms with Gasteiger partial charge in [-0.1, -0.05) is 0 Å². The summed E-state index contributed by atoms with van der Waals surface area (Å²) < 4.78 is 15.3. The molecule has 0 aliphatic heterocycles. The molecular weight excluding hydrogens is 395 g/mol. The van der Waals surface area contributed by atoms with E-state index in [9.17, 15) is 4.39 Å². The second-order valence-electron chi connectivity index (χ2n) is 7.86. The molecule has 1 fully saturated rings. The fourth-order valence-electron chi connectivity index (χ4n) is 3.53. The number of rotatable bonds is 8. The highest BCUT2D eigenvalue weighted by molar-refractivity contribution is 5.89. The Balaban J connectivity index is 1.59. The van der Waals surface area contributed by atoms with Crippen molar-refractivity contribution in [2.24, 2.45) is 5.92 Å². The summed E-state index contributed by atoms with van der Waals surface area (Å²) >= 11 is 0. The van der Waals surface area contributed by atoms with Gasteiger partial charge in [0.25, 0.3) is 0 Å². The van der Waals surface area contributed by atoms with E-state index in [-0.39, 0.29) is 12.4 Å². The van der Waals surface area contributed by atoms with Crippen molar-refractivity contribution in [2.75, 3.05) is 18.5 Å². The summed E-state index contributed by atoms with van der Waals surface area (Å²) in [6.45, 7) is 1.59. The Morgan fingerprint density at radius 3 is 2.74 bits per heavy atom. The first kappa shape index (κ1) is 19.6. The van der Waals surface area contributed by atoms with Gasteiger partial charge in [-0.05, 0) is 61.6 Å². The minimum Gasteiger partial charge on any atom is -0.396 e. The normalized spacial score (nSPS) is 13.6. The number of halogens is 1. The first-order valence-corrected chi connectivity index (χ1v) is 10.5. The maximum atomic E-state index is 13.5. The highest BCUT2D eigenvalue weighted by Crippen LogP contribution is 2.33. The van der Waals surface area contributed by atoms with Gasteiger partial charge in [-0.15, -0.1) is 0 Å². The van der Waals surface area contributed by atoms with Crippen LogP contribution in [0.15, 0.2) is 48.8 Å². The molecule has 5 rings (SSSR count). The standard InChI is InChI=1S/C23H23FN6O/c24-18-6-4-16(5-7-18)21-19(12-17-14-30(10-1-11-31)29-22(17)28-21)20-8-9-25-23(27-20)26-13-15-2-3-15/h4-9,12,14-15,31H,1-3,10-11,13H2,(H,25,26,27). The molecule has 1 saturated carbocycles. The number of fused-ring (bicyclic) bond motifs is 1. The summed E-state index contributed by atoms with van der Waals surface area (Å²) in [6, 6.07) is 10.1. The van der Waals surface area contributed by atoms with Gasteiger partial charge in [0.1, 0.15) is 5.82 Å². The quantitative estimate of drug-likeness (QED) is 0.451. The smallest absolute Gasteiger partial charge is 0.223 e. The van der Waals surface area contributed by atoms with Crippen LogP contribution in [-0.2, 0) is 6.54 Å². The third-order valence-corrected chi connectivity index (χ3v) is 5.38. The number of aliphatic hydroxyl groups excluding tert-OH is 1. The van der Waals surface area contributed by atoms with E-state index in [2.05, 4.69) is 15.4 Å². The number of aromatic nitrogens is 5. The summed E-state index contributed by atoms with van der Waals surface area (Å²) in [7, 11) is 0. The maximum Gasteiger partial charge on any atom is 0.223 e. The minimum absolute atomic E-state index is 0.104. The molecule has 2 N–H and O–H groups in total. The van der Waals surface area contributed by atoms with Crippen molar-refractivity contribution in [1.82, 2.24) is 24.7 Å². The molecule has 1 aromatic carbocycles. The van der Waals surface area contributed by atoms with E-state index in [4.69, 9.17) is 15.1 Å². The molecular formula is C23H23FN6O. The summed E-state index contributed by atoms with van der Waals surface area (Å²) in [5, 5.41) is 17.8. The van der Waals surface area contributed by atoms with Crippen molar-refractivity contribution in [3.05, 3.63) is 54.6 Å². The molecule has 4 aromatic rings. The Hall–Kier alpha value is -3.39. The third kappa shape index (κ3) is 4.39. The molecule has 0 atom stereocenters. The van der Waals surface area contributed by atoms with Gasteiger partial charge >= 0.3 is 0 Å². The van der Waals surface area contributed by atoms with Crippen molar-refractivity contribution >= 4 is 17.0 Å². The topological polar surface area (TPSA) is 88.8 Å². The molecule has 8 heteroatoms. The number of aryl methyl sites for hydroxylation is 1. The fourth-order valence-corrected chi connectivity index (χ4v) is 3.53. The number of hydrogen-bond donors (Lipinski definition) is 2. The van der Waals surface area contributed by atoms with E-state index >= 15 is 0 Å². The predicted octanol–water partition coefficient (Wildman–Crippen LogP) is 3.90. The summed E-state index contributed by atoms with van der Waals surface area (Å²) in [5.41, 5.74) is 3.64. The van der Waals surface area contributed by atoms with Crippen molar-refractivity contribution in [3.8, 4) is 22.5 Å². The van der Waals surface area contributed by atoms with Crippen LogP contribution >= 0.6 is 0 Å². The second-order valence-corrected chi connectivity index (χ2v) is 7.86. The number of pyridine rings is 1. The molecule has 3 aromatic heterocycles. The van der Waals surface area contributed by atoms with Crippen LogP contribution in [0.1, 0.15) is 19.3 Å². The minimum atomic E-state index is -0.298. The molecule has 1 aliphatic carbocycles. The Morgan fingerprint density at radius 2 is 1.97 bits per heavy atom. The lowest BCUT2D eigenvalue weighted by atomic mass is 10.0. The highest BCUT2D eigenvalue weighted by atomic mass is 19.1. The maximum absolute atomic E-state index is 13.5. The van der Waals surface area contributed by atoms with Gasteiger partial charge in [0.15, 0.2) is 5.65 Å². The first-order valence-electron chi connectivity index (χ1n) is 10.5. The van der Waals surface area contributed by atoms with Crippen LogP contribution in [0.3, 0.4) is 0 Å². The molecule has 0 radical (unpaired) electrons. The number of aliphatic hydroxyl groups is 1. The average molecular weight is 418 g/mol. The van der Waals surface area contributed by atoms with Gasteiger partial charge in [0.05, 0.1) is 11.4 Å². The van der Waals surface area contributed by atoms with E-state index in [1.54, 1.807) is 23.0 Å². The fraction of sp³-hybridized carbons (Fsp3) is 0.304. The number of anilines is 1. The van der Waals surface area contributed by atoms with Crippen LogP contribution in [0, 0.1) is 11.7 Å². The van der Waals surface area contributed by atoms with Crippen molar-refractivity contribution in [2.45, 2.75) is 25.8 Å². The number of nitrogens with zero attached hydrogens (tertiary/aromatic N) is 5. The molecule has 7 nitrogen and oxygen atoms in total. The lowest BCUT2D eigenvalue weighted by molar-refractivity contribution is 0.277. The number of benzene rings is 1. The Morgan fingerprint density at radius 1 is 1.13 bits per heavy atom. The van der Waals surface area contributed by atoms with Crippen LogP contribution in [-0.4, -0.2) is 43.0 Å². The van der Waals surface area contributed by atoms with Crippen molar-refractivity contribution < 1.29 is 9.50 Å². The first-order chi connectivity index (χ1) is 15.2. The monoisotopic (exact) mass is 418 g/mol. The van der Waals surface area contributed by atoms with Crippen LogP contribution in [0.2, 0.25) is 0 Å².